The van der Waals surface area contributed by atoms with Gasteiger partial charge in [-0.05, 0) is 18.8 Å². The molecule has 6 heteroatoms. The minimum absolute atomic E-state index is 0.0685. The van der Waals surface area contributed by atoms with Crippen LogP contribution in [0.25, 0.3) is 0 Å². The molecule has 1 aliphatic rings. The van der Waals surface area contributed by atoms with Gasteiger partial charge in [0.2, 0.25) is 0 Å². The van der Waals surface area contributed by atoms with E-state index in [1.807, 2.05) is 27.7 Å². The van der Waals surface area contributed by atoms with E-state index in [1.54, 1.807) is 22.4 Å². The van der Waals surface area contributed by atoms with Crippen molar-refractivity contribution in [2.45, 2.75) is 79.0 Å². The molecule has 140 valence electrons. The predicted octanol–water partition coefficient (Wildman–Crippen LogP) is 4.62. The Kier molecular flexibility index (Phi) is 6.60. The van der Waals surface area contributed by atoms with E-state index in [9.17, 15) is 9.59 Å². The minimum Gasteiger partial charge on any atom is -0.444 e. The Morgan fingerprint density at radius 3 is 2.32 bits per heavy atom. The number of amides is 1. The zero-order chi connectivity index (χ0) is 18.7. The van der Waals surface area contributed by atoms with Crippen molar-refractivity contribution in [1.29, 1.82) is 0 Å². The van der Waals surface area contributed by atoms with E-state index in [0.29, 0.717) is 5.92 Å². The molecule has 25 heavy (non-hydrogen) atoms. The number of thiazole rings is 1. The lowest BCUT2D eigenvalue weighted by Gasteiger charge is -2.33. The number of aromatic nitrogens is 1. The molecule has 5 nitrogen and oxygen atoms in total. The average molecular weight is 367 g/mol. The molecule has 1 atom stereocenters. The van der Waals surface area contributed by atoms with Gasteiger partial charge in [-0.25, -0.2) is 9.78 Å². The first-order valence-electron chi connectivity index (χ1n) is 9.15. The Morgan fingerprint density at radius 2 is 1.88 bits per heavy atom. The molecule has 1 fully saturated rings. The first-order chi connectivity index (χ1) is 11.7. The summed E-state index contributed by atoms with van der Waals surface area (Å²) in [5.74, 6) is 0.445. The molecule has 1 aromatic rings. The van der Waals surface area contributed by atoms with Crippen molar-refractivity contribution in [2.75, 3.05) is 0 Å². The van der Waals surface area contributed by atoms with Gasteiger partial charge >= 0.3 is 6.09 Å². The Morgan fingerprint density at radius 1 is 1.24 bits per heavy atom. The summed E-state index contributed by atoms with van der Waals surface area (Å²) in [6.45, 7) is 12.2. The Labute approximate surface area is 154 Å². The second kappa shape index (κ2) is 8.30. The highest BCUT2D eigenvalue weighted by Gasteiger charge is 2.43. The van der Waals surface area contributed by atoms with Crippen molar-refractivity contribution in [3.8, 4) is 0 Å². The molecule has 1 saturated carbocycles. The third-order valence-electron chi connectivity index (χ3n) is 4.35. The van der Waals surface area contributed by atoms with E-state index in [2.05, 4.69) is 18.8 Å². The van der Waals surface area contributed by atoms with Crippen LogP contribution in [-0.4, -0.2) is 33.8 Å². The molecule has 0 N–H and O–H groups in total. The zero-order valence-electron chi connectivity index (χ0n) is 16.1. The molecular formula is C19H30N2O3S. The fourth-order valence-electron chi connectivity index (χ4n) is 2.83. The lowest BCUT2D eigenvalue weighted by molar-refractivity contribution is -0.128. The molecule has 2 rings (SSSR count). The van der Waals surface area contributed by atoms with Crippen molar-refractivity contribution in [1.82, 2.24) is 9.88 Å². The van der Waals surface area contributed by atoms with Crippen molar-refractivity contribution >= 4 is 23.2 Å². The first kappa shape index (κ1) is 19.9. The summed E-state index contributed by atoms with van der Waals surface area (Å²) in [6, 6.07) is -0.275. The van der Waals surface area contributed by atoms with E-state index in [4.69, 9.17) is 4.74 Å². The molecule has 1 aliphatic carbocycles. The fourth-order valence-corrected chi connectivity index (χ4v) is 3.67. The molecule has 0 radical (unpaired) electrons. The van der Waals surface area contributed by atoms with Gasteiger partial charge in [-0.3, -0.25) is 9.69 Å². The van der Waals surface area contributed by atoms with Crippen LogP contribution in [0, 0.1) is 11.8 Å². The topological polar surface area (TPSA) is 59.5 Å². The summed E-state index contributed by atoms with van der Waals surface area (Å²) in [6.07, 6.45) is 3.28. The van der Waals surface area contributed by atoms with Crippen molar-refractivity contribution < 1.29 is 14.3 Å². The number of ether oxygens (including phenoxy) is 1. The SMILES string of the molecule is CC(C)C(=O)C(C(C)C)N(C(=O)OCc1cnc(C(C)C)s1)C1CC1. The van der Waals surface area contributed by atoms with Crippen LogP contribution < -0.4 is 0 Å². The minimum atomic E-state index is -0.410. The van der Waals surface area contributed by atoms with Gasteiger partial charge in [-0.1, -0.05) is 41.5 Å². The zero-order valence-corrected chi connectivity index (χ0v) is 16.9. The van der Waals surface area contributed by atoms with Gasteiger partial charge in [-0.2, -0.15) is 0 Å². The third kappa shape index (κ3) is 5.03. The van der Waals surface area contributed by atoms with E-state index in [1.165, 1.54) is 0 Å². The number of Topliss-reactive ketones (excluding diaryl/α,β-unsaturated/α-hetero) is 1. The van der Waals surface area contributed by atoms with Crippen LogP contribution in [0.1, 0.15) is 70.2 Å². The number of hydrogen-bond acceptors (Lipinski definition) is 5. The maximum absolute atomic E-state index is 12.7. The summed E-state index contributed by atoms with van der Waals surface area (Å²) in [5.41, 5.74) is 0. The van der Waals surface area contributed by atoms with Gasteiger partial charge in [0, 0.05) is 24.1 Å². The number of rotatable bonds is 8. The molecule has 1 aromatic heterocycles. The highest BCUT2D eigenvalue weighted by molar-refractivity contribution is 7.11. The maximum Gasteiger partial charge on any atom is 0.411 e. The van der Waals surface area contributed by atoms with Gasteiger partial charge in [0.25, 0.3) is 0 Å². The molecule has 1 unspecified atom stereocenters. The lowest BCUT2D eigenvalue weighted by Crippen LogP contribution is -2.50. The summed E-state index contributed by atoms with van der Waals surface area (Å²) in [7, 11) is 0. The largest absolute Gasteiger partial charge is 0.444 e. The molecule has 0 bridgehead atoms. The first-order valence-corrected chi connectivity index (χ1v) is 9.97. The average Bonchev–Trinajstić information content (AvgIpc) is 3.25. The quantitative estimate of drug-likeness (QED) is 0.674. The van der Waals surface area contributed by atoms with Crippen LogP contribution in [-0.2, 0) is 16.1 Å². The van der Waals surface area contributed by atoms with Gasteiger partial charge in [0.1, 0.15) is 6.61 Å². The monoisotopic (exact) mass is 366 g/mol. The van der Waals surface area contributed by atoms with Crippen molar-refractivity contribution in [3.05, 3.63) is 16.1 Å². The van der Waals surface area contributed by atoms with E-state index in [0.717, 1.165) is 22.7 Å². The van der Waals surface area contributed by atoms with Crippen LogP contribution in [0.3, 0.4) is 0 Å². The van der Waals surface area contributed by atoms with Crippen LogP contribution in [0.15, 0.2) is 6.20 Å². The van der Waals surface area contributed by atoms with Gasteiger partial charge in [0.05, 0.1) is 15.9 Å². The number of carbonyl (C=O) groups excluding carboxylic acids is 2. The van der Waals surface area contributed by atoms with E-state index < -0.39 is 6.04 Å². The van der Waals surface area contributed by atoms with Crippen LogP contribution in [0.4, 0.5) is 4.79 Å². The van der Waals surface area contributed by atoms with Gasteiger partial charge < -0.3 is 4.74 Å². The van der Waals surface area contributed by atoms with Crippen molar-refractivity contribution in [3.63, 3.8) is 0 Å². The highest BCUT2D eigenvalue weighted by Crippen LogP contribution is 2.33. The number of hydrogen-bond donors (Lipinski definition) is 0. The molecular weight excluding hydrogens is 336 g/mol. The van der Waals surface area contributed by atoms with Crippen LogP contribution in [0.5, 0.6) is 0 Å². The summed E-state index contributed by atoms with van der Waals surface area (Å²) < 4.78 is 5.55. The highest BCUT2D eigenvalue weighted by atomic mass is 32.1. The Balaban J connectivity index is 2.07. The summed E-state index contributed by atoms with van der Waals surface area (Å²) >= 11 is 1.57. The lowest BCUT2D eigenvalue weighted by atomic mass is 9.91. The van der Waals surface area contributed by atoms with E-state index >= 15 is 0 Å². The molecule has 0 aromatic carbocycles. The summed E-state index contributed by atoms with van der Waals surface area (Å²) in [5, 5.41) is 1.04. The van der Waals surface area contributed by atoms with Gasteiger partial charge in [-0.15, -0.1) is 11.3 Å². The van der Waals surface area contributed by atoms with Crippen LogP contribution >= 0.6 is 11.3 Å². The molecule has 0 saturated heterocycles. The second-order valence-corrected chi connectivity index (χ2v) is 8.91. The normalized spacial score (nSPS) is 15.7. The summed E-state index contributed by atoms with van der Waals surface area (Å²) in [4.78, 5) is 32.4. The molecule has 0 spiro atoms. The van der Waals surface area contributed by atoms with Gasteiger partial charge in [0.15, 0.2) is 5.78 Å². The maximum atomic E-state index is 12.7. The number of carbonyl (C=O) groups is 2. The standard InChI is InChI=1S/C19H30N2O3S/c1-11(2)16(17(22)12(3)4)21(14-7-8-14)19(23)24-10-15-9-20-18(25-15)13(5)6/h9,11-14,16H,7-8,10H2,1-6H3. The Hall–Kier alpha value is -1.43. The van der Waals surface area contributed by atoms with Crippen molar-refractivity contribution in [2.24, 2.45) is 11.8 Å². The number of nitrogens with zero attached hydrogens (tertiary/aromatic N) is 2. The Bertz CT molecular complexity index is 606. The predicted molar refractivity (Wildman–Crippen MR) is 99.7 cm³/mol. The van der Waals surface area contributed by atoms with E-state index in [-0.39, 0.29) is 36.4 Å². The fraction of sp³-hybridized carbons (Fsp3) is 0.737. The number of ketones is 1. The molecule has 1 heterocycles. The van der Waals surface area contributed by atoms with Crippen LogP contribution in [0.2, 0.25) is 0 Å². The smallest absolute Gasteiger partial charge is 0.411 e. The second-order valence-electron chi connectivity index (χ2n) is 7.76. The molecule has 0 aliphatic heterocycles. The molecule has 1 amide bonds. The third-order valence-corrected chi connectivity index (χ3v) is 5.62.